The van der Waals surface area contributed by atoms with Crippen LogP contribution in [0.25, 0.3) is 10.2 Å². The van der Waals surface area contributed by atoms with Crippen molar-refractivity contribution in [3.8, 4) is 0 Å². The van der Waals surface area contributed by atoms with E-state index in [0.717, 1.165) is 27.3 Å². The van der Waals surface area contributed by atoms with Crippen molar-refractivity contribution in [2.45, 2.75) is 50.6 Å². The quantitative estimate of drug-likeness (QED) is 0.188. The second-order valence-corrected chi connectivity index (χ2v) is 10.8. The van der Waals surface area contributed by atoms with Crippen molar-refractivity contribution in [2.24, 2.45) is 0 Å². The minimum absolute atomic E-state index is 0.0174. The number of thioether (sulfide) groups is 1. The Morgan fingerprint density at radius 1 is 1.15 bits per heavy atom. The van der Waals surface area contributed by atoms with E-state index < -0.39 is 0 Å². The van der Waals surface area contributed by atoms with E-state index in [-0.39, 0.29) is 22.7 Å². The zero-order valence-electron chi connectivity index (χ0n) is 19.2. The number of rotatable bonds is 7. The number of ketones is 1. The smallest absolute Gasteiger partial charge is 0.263 e. The van der Waals surface area contributed by atoms with Gasteiger partial charge in [0.2, 0.25) is 0 Å². The summed E-state index contributed by atoms with van der Waals surface area (Å²) < 4.78 is 7.85. The first kappa shape index (κ1) is 23.0. The standard InChI is InChI=1S/C27H26N2O3S2/c1-3-27(2)14-20-22(16-32-27)34-24-23(20)25(31)29(15-18-10-6-4-7-11-18)26(28-24)33-17-21(30)19-12-8-5-9-13-19/h4-13H,3,14-17H2,1-2H3/t27-/m0/s1. The molecule has 1 aliphatic rings. The molecule has 1 aliphatic heterocycles. The van der Waals surface area contributed by atoms with Crippen LogP contribution in [0.15, 0.2) is 70.6 Å². The van der Waals surface area contributed by atoms with E-state index in [9.17, 15) is 9.59 Å². The van der Waals surface area contributed by atoms with E-state index in [1.165, 1.54) is 23.1 Å². The summed E-state index contributed by atoms with van der Waals surface area (Å²) in [4.78, 5) is 33.4. The topological polar surface area (TPSA) is 61.2 Å². The van der Waals surface area contributed by atoms with Crippen LogP contribution in [0.3, 0.4) is 0 Å². The summed E-state index contributed by atoms with van der Waals surface area (Å²) in [5.41, 5.74) is 2.45. The summed E-state index contributed by atoms with van der Waals surface area (Å²) in [5, 5.41) is 1.28. The summed E-state index contributed by atoms with van der Waals surface area (Å²) in [6, 6.07) is 19.1. The average molecular weight is 491 g/mol. The largest absolute Gasteiger partial charge is 0.369 e. The fourth-order valence-electron chi connectivity index (χ4n) is 4.21. The van der Waals surface area contributed by atoms with E-state index in [4.69, 9.17) is 9.72 Å². The van der Waals surface area contributed by atoms with Crippen LogP contribution in [0.1, 0.15) is 46.6 Å². The van der Waals surface area contributed by atoms with Crippen LogP contribution < -0.4 is 5.56 Å². The van der Waals surface area contributed by atoms with Gasteiger partial charge >= 0.3 is 0 Å². The van der Waals surface area contributed by atoms with E-state index >= 15 is 0 Å². The average Bonchev–Trinajstić information content (AvgIpc) is 3.23. The van der Waals surface area contributed by atoms with Gasteiger partial charge in [-0.3, -0.25) is 14.2 Å². The molecule has 5 nitrogen and oxygen atoms in total. The van der Waals surface area contributed by atoms with Crippen LogP contribution >= 0.6 is 23.1 Å². The van der Waals surface area contributed by atoms with Crippen LogP contribution in [0, 0.1) is 0 Å². The van der Waals surface area contributed by atoms with Crippen LogP contribution in [-0.4, -0.2) is 26.7 Å². The molecule has 0 saturated heterocycles. The summed E-state index contributed by atoms with van der Waals surface area (Å²) >= 11 is 2.86. The van der Waals surface area contributed by atoms with Crippen LogP contribution in [0.5, 0.6) is 0 Å². The number of hydrogen-bond donors (Lipinski definition) is 0. The molecular weight excluding hydrogens is 464 g/mol. The van der Waals surface area contributed by atoms with Crippen LogP contribution in [-0.2, 0) is 24.3 Å². The number of Topliss-reactive ketones (excluding diaryl/α,β-unsaturated/α-hetero) is 1. The van der Waals surface area contributed by atoms with Gasteiger partial charge in [0.05, 0.1) is 29.9 Å². The normalized spacial score (nSPS) is 17.6. The highest BCUT2D eigenvalue weighted by molar-refractivity contribution is 7.99. The number of ether oxygens (including phenoxy) is 1. The maximum absolute atomic E-state index is 13.9. The maximum atomic E-state index is 13.9. The third-order valence-corrected chi connectivity index (χ3v) is 8.50. The summed E-state index contributed by atoms with van der Waals surface area (Å²) in [7, 11) is 0. The van der Waals surface area contributed by atoms with E-state index in [1.54, 1.807) is 4.57 Å². The Hall–Kier alpha value is -2.74. The number of aromatic nitrogens is 2. The van der Waals surface area contributed by atoms with E-state index in [2.05, 4.69) is 13.8 Å². The highest BCUT2D eigenvalue weighted by atomic mass is 32.2. The molecule has 0 radical (unpaired) electrons. The van der Waals surface area contributed by atoms with Crippen molar-refractivity contribution in [2.75, 3.05) is 5.75 Å². The zero-order valence-corrected chi connectivity index (χ0v) is 20.9. The molecule has 2 aromatic carbocycles. The molecular formula is C27H26N2O3S2. The predicted molar refractivity (Wildman–Crippen MR) is 138 cm³/mol. The van der Waals surface area contributed by atoms with Gasteiger partial charge in [0.1, 0.15) is 4.83 Å². The molecule has 5 rings (SSSR count). The first-order valence-corrected chi connectivity index (χ1v) is 13.2. The van der Waals surface area contributed by atoms with E-state index in [0.29, 0.717) is 35.7 Å². The van der Waals surface area contributed by atoms with Crippen molar-refractivity contribution in [1.29, 1.82) is 0 Å². The van der Waals surface area contributed by atoms with Gasteiger partial charge in [-0.05, 0) is 24.5 Å². The molecule has 0 bridgehead atoms. The zero-order chi connectivity index (χ0) is 23.7. The highest BCUT2D eigenvalue weighted by Crippen LogP contribution is 2.39. The van der Waals surface area contributed by atoms with Gasteiger partial charge in [-0.2, -0.15) is 0 Å². The number of carbonyl (C=O) groups excluding carboxylic acids is 1. The molecule has 0 unspecified atom stereocenters. The molecule has 1 atom stereocenters. The number of hydrogen-bond acceptors (Lipinski definition) is 6. The Morgan fingerprint density at radius 3 is 2.56 bits per heavy atom. The second kappa shape index (κ2) is 9.49. The number of fused-ring (bicyclic) bond motifs is 3. The molecule has 174 valence electrons. The third-order valence-electron chi connectivity index (χ3n) is 6.42. The lowest BCUT2D eigenvalue weighted by Crippen LogP contribution is -2.34. The Morgan fingerprint density at radius 2 is 1.85 bits per heavy atom. The van der Waals surface area contributed by atoms with Gasteiger partial charge in [0.15, 0.2) is 10.9 Å². The van der Waals surface area contributed by atoms with Gasteiger partial charge in [-0.25, -0.2) is 4.98 Å². The van der Waals surface area contributed by atoms with Crippen LogP contribution in [0.2, 0.25) is 0 Å². The maximum Gasteiger partial charge on any atom is 0.263 e. The molecule has 0 saturated carbocycles. The van der Waals surface area contributed by atoms with Crippen LogP contribution in [0.4, 0.5) is 0 Å². The van der Waals surface area contributed by atoms with Gasteiger partial charge in [0.25, 0.3) is 5.56 Å². The van der Waals surface area contributed by atoms with Gasteiger partial charge in [-0.1, -0.05) is 79.3 Å². The lowest BCUT2D eigenvalue weighted by Gasteiger charge is -2.32. The Bertz CT molecular complexity index is 1400. The molecule has 34 heavy (non-hydrogen) atoms. The Labute approximate surface area is 206 Å². The lowest BCUT2D eigenvalue weighted by atomic mass is 9.90. The van der Waals surface area contributed by atoms with Gasteiger partial charge in [0, 0.05) is 16.9 Å². The molecule has 0 spiro atoms. The Balaban J connectivity index is 1.57. The van der Waals surface area contributed by atoms with E-state index in [1.807, 2.05) is 60.7 Å². The van der Waals surface area contributed by atoms with Crippen molar-refractivity contribution >= 4 is 39.1 Å². The fourth-order valence-corrected chi connectivity index (χ4v) is 6.25. The third kappa shape index (κ3) is 4.48. The first-order valence-electron chi connectivity index (χ1n) is 11.4. The molecule has 3 heterocycles. The van der Waals surface area contributed by atoms with Gasteiger partial charge in [-0.15, -0.1) is 11.3 Å². The lowest BCUT2D eigenvalue weighted by molar-refractivity contribution is -0.0543. The summed E-state index contributed by atoms with van der Waals surface area (Å²) in [6.07, 6.45) is 1.59. The highest BCUT2D eigenvalue weighted by Gasteiger charge is 2.33. The predicted octanol–water partition coefficient (Wildman–Crippen LogP) is 5.72. The molecule has 7 heteroatoms. The van der Waals surface area contributed by atoms with Crippen molar-refractivity contribution < 1.29 is 9.53 Å². The monoisotopic (exact) mass is 490 g/mol. The van der Waals surface area contributed by atoms with Gasteiger partial charge < -0.3 is 4.74 Å². The molecule has 0 fully saturated rings. The fraction of sp³-hybridized carbons (Fsp3) is 0.296. The second-order valence-electron chi connectivity index (χ2n) is 8.80. The minimum atomic E-state index is -0.271. The molecule has 0 amide bonds. The molecule has 4 aromatic rings. The van der Waals surface area contributed by atoms with Crippen molar-refractivity contribution in [1.82, 2.24) is 9.55 Å². The number of carbonyl (C=O) groups is 1. The molecule has 2 aromatic heterocycles. The SMILES string of the molecule is CC[C@@]1(C)Cc2c(sc3nc(SCC(=O)c4ccccc4)n(Cc4ccccc4)c(=O)c23)CO1. The minimum Gasteiger partial charge on any atom is -0.369 e. The summed E-state index contributed by atoms with van der Waals surface area (Å²) in [5.74, 6) is 0.238. The number of nitrogens with zero attached hydrogens (tertiary/aromatic N) is 2. The number of benzene rings is 2. The first-order chi connectivity index (χ1) is 16.5. The number of thiophene rings is 1. The van der Waals surface area contributed by atoms with Crippen molar-refractivity contribution in [3.63, 3.8) is 0 Å². The summed E-state index contributed by atoms with van der Waals surface area (Å²) in [6.45, 7) is 5.14. The van der Waals surface area contributed by atoms with Crippen molar-refractivity contribution in [3.05, 3.63) is 92.6 Å². The Kier molecular flexibility index (Phi) is 6.42. The molecule has 0 aliphatic carbocycles. The molecule has 0 N–H and O–H groups in total.